The second kappa shape index (κ2) is 5.38. The quantitative estimate of drug-likeness (QED) is 0.669. The van der Waals surface area contributed by atoms with Gasteiger partial charge in [-0.05, 0) is 39.7 Å². The number of nitrogens with one attached hydrogen (secondary N) is 1. The molecule has 2 heterocycles. The Hall–Kier alpha value is -2.48. The molecule has 0 radical (unpaired) electrons. The summed E-state index contributed by atoms with van der Waals surface area (Å²) in [5, 5.41) is 14.0. The zero-order valence-corrected chi connectivity index (χ0v) is 13.1. The standard InChI is InChI=1S/C14H11BrN4O3/c1-18-11-3-2-10(4-8(11)5-13(18)20)17-14-12(19(21)22)6-9(15)7-16-14/h2-4,6-7H,5H2,1H3,(H,16,17). The van der Waals surface area contributed by atoms with Crippen molar-refractivity contribution in [3.8, 4) is 0 Å². The van der Waals surface area contributed by atoms with E-state index in [0.29, 0.717) is 16.6 Å². The number of anilines is 3. The van der Waals surface area contributed by atoms with Gasteiger partial charge in [0.25, 0.3) is 0 Å². The van der Waals surface area contributed by atoms with Crippen LogP contribution in [-0.4, -0.2) is 22.9 Å². The van der Waals surface area contributed by atoms with E-state index in [9.17, 15) is 14.9 Å². The summed E-state index contributed by atoms with van der Waals surface area (Å²) in [6.45, 7) is 0. The number of amides is 1. The Kier molecular flexibility index (Phi) is 3.53. The Morgan fingerprint density at radius 2 is 2.18 bits per heavy atom. The van der Waals surface area contributed by atoms with Gasteiger partial charge in [-0.1, -0.05) is 0 Å². The molecule has 7 nitrogen and oxygen atoms in total. The average Bonchev–Trinajstić information content (AvgIpc) is 2.75. The molecule has 1 N–H and O–H groups in total. The van der Waals surface area contributed by atoms with Crippen molar-refractivity contribution in [3.05, 3.63) is 50.6 Å². The molecule has 0 spiro atoms. The smallest absolute Gasteiger partial charge is 0.312 e. The average molecular weight is 363 g/mol. The Bertz CT molecular complexity index is 794. The normalized spacial score (nSPS) is 13.2. The van der Waals surface area contributed by atoms with Gasteiger partial charge in [0.15, 0.2) is 0 Å². The second-order valence-electron chi connectivity index (χ2n) is 4.88. The molecule has 22 heavy (non-hydrogen) atoms. The van der Waals surface area contributed by atoms with Gasteiger partial charge in [0.05, 0.1) is 11.3 Å². The van der Waals surface area contributed by atoms with Gasteiger partial charge in [-0.15, -0.1) is 0 Å². The number of pyridine rings is 1. The first-order chi connectivity index (χ1) is 10.5. The van der Waals surface area contributed by atoms with E-state index >= 15 is 0 Å². The highest BCUT2D eigenvalue weighted by Gasteiger charge is 2.24. The molecule has 8 heteroatoms. The Morgan fingerprint density at radius 1 is 1.41 bits per heavy atom. The van der Waals surface area contributed by atoms with E-state index in [1.165, 1.54) is 12.3 Å². The largest absolute Gasteiger partial charge is 0.334 e. The summed E-state index contributed by atoms with van der Waals surface area (Å²) in [6, 6.07) is 6.78. The minimum absolute atomic E-state index is 0.0277. The van der Waals surface area contributed by atoms with E-state index in [1.807, 2.05) is 12.1 Å². The summed E-state index contributed by atoms with van der Waals surface area (Å²) < 4.78 is 0.533. The molecule has 0 saturated heterocycles. The molecule has 1 aromatic heterocycles. The highest BCUT2D eigenvalue weighted by Crippen LogP contribution is 2.33. The number of halogens is 1. The summed E-state index contributed by atoms with van der Waals surface area (Å²) >= 11 is 3.17. The van der Waals surface area contributed by atoms with E-state index in [1.54, 1.807) is 18.0 Å². The first-order valence-corrected chi connectivity index (χ1v) is 7.21. The predicted molar refractivity (Wildman–Crippen MR) is 85.4 cm³/mol. The molecule has 2 aromatic rings. The lowest BCUT2D eigenvalue weighted by atomic mass is 10.1. The third-order valence-corrected chi connectivity index (χ3v) is 3.88. The van der Waals surface area contributed by atoms with Gasteiger partial charge in [0, 0.05) is 35.2 Å². The van der Waals surface area contributed by atoms with Crippen LogP contribution in [0.1, 0.15) is 5.56 Å². The number of benzene rings is 1. The van der Waals surface area contributed by atoms with Crippen LogP contribution >= 0.6 is 15.9 Å². The summed E-state index contributed by atoms with van der Waals surface area (Å²) in [6.07, 6.45) is 1.82. The Morgan fingerprint density at radius 3 is 2.91 bits per heavy atom. The Labute approximate surface area is 134 Å². The maximum atomic E-state index is 11.7. The van der Waals surface area contributed by atoms with Crippen LogP contribution in [0.3, 0.4) is 0 Å². The van der Waals surface area contributed by atoms with Gasteiger partial charge in [0.2, 0.25) is 11.7 Å². The van der Waals surface area contributed by atoms with E-state index < -0.39 is 4.92 Å². The van der Waals surface area contributed by atoms with Gasteiger partial charge >= 0.3 is 5.69 Å². The van der Waals surface area contributed by atoms with E-state index in [4.69, 9.17) is 0 Å². The fourth-order valence-corrected chi connectivity index (χ4v) is 2.67. The van der Waals surface area contributed by atoms with Gasteiger partial charge < -0.3 is 10.2 Å². The van der Waals surface area contributed by atoms with Crippen molar-refractivity contribution in [2.24, 2.45) is 0 Å². The topological polar surface area (TPSA) is 88.4 Å². The molecule has 0 atom stereocenters. The number of hydrogen-bond acceptors (Lipinski definition) is 5. The van der Waals surface area contributed by atoms with Crippen molar-refractivity contribution in [1.82, 2.24) is 4.98 Å². The summed E-state index contributed by atoms with van der Waals surface area (Å²) in [5.41, 5.74) is 2.27. The van der Waals surface area contributed by atoms with Crippen LogP contribution < -0.4 is 10.2 Å². The fraction of sp³-hybridized carbons (Fsp3) is 0.143. The molecule has 0 fully saturated rings. The number of rotatable bonds is 3. The third-order valence-electron chi connectivity index (χ3n) is 3.45. The van der Waals surface area contributed by atoms with E-state index in [2.05, 4.69) is 26.2 Å². The molecule has 1 aliphatic heterocycles. The first kappa shape index (κ1) is 14.5. The van der Waals surface area contributed by atoms with Gasteiger partial charge in [0.1, 0.15) is 0 Å². The number of aromatic nitrogens is 1. The highest BCUT2D eigenvalue weighted by molar-refractivity contribution is 9.10. The fourth-order valence-electron chi connectivity index (χ4n) is 2.35. The van der Waals surface area contributed by atoms with Crippen LogP contribution in [0, 0.1) is 10.1 Å². The summed E-state index contributed by atoms with van der Waals surface area (Å²) in [5.74, 6) is 0.186. The molecule has 1 amide bonds. The lowest BCUT2D eigenvalue weighted by Crippen LogP contribution is -2.20. The number of fused-ring (bicyclic) bond motifs is 1. The minimum atomic E-state index is -0.495. The van der Waals surface area contributed by atoms with E-state index in [0.717, 1.165) is 11.3 Å². The van der Waals surface area contributed by atoms with Gasteiger partial charge in [-0.2, -0.15) is 0 Å². The SMILES string of the molecule is CN1C(=O)Cc2cc(Nc3ncc(Br)cc3[N+](=O)[O-])ccc21. The number of nitro groups is 1. The van der Waals surface area contributed by atoms with Crippen LogP contribution in [0.25, 0.3) is 0 Å². The van der Waals surface area contributed by atoms with Gasteiger partial charge in [-0.3, -0.25) is 14.9 Å². The van der Waals surface area contributed by atoms with Crippen molar-refractivity contribution in [2.45, 2.75) is 6.42 Å². The van der Waals surface area contributed by atoms with Crippen LogP contribution in [0.15, 0.2) is 34.9 Å². The third kappa shape index (κ3) is 2.52. The monoisotopic (exact) mass is 362 g/mol. The zero-order valence-electron chi connectivity index (χ0n) is 11.5. The summed E-state index contributed by atoms with van der Waals surface area (Å²) in [7, 11) is 1.72. The van der Waals surface area contributed by atoms with Crippen molar-refractivity contribution in [3.63, 3.8) is 0 Å². The van der Waals surface area contributed by atoms with Gasteiger partial charge in [-0.25, -0.2) is 4.98 Å². The number of nitrogens with zero attached hydrogens (tertiary/aromatic N) is 3. The maximum absolute atomic E-state index is 11.7. The Balaban J connectivity index is 1.94. The molecule has 1 aliphatic rings. The molecule has 0 saturated carbocycles. The molecule has 0 bridgehead atoms. The number of carbonyl (C=O) groups is 1. The molecular weight excluding hydrogens is 352 g/mol. The minimum Gasteiger partial charge on any atom is -0.334 e. The summed E-state index contributed by atoms with van der Waals surface area (Å²) in [4.78, 5) is 27.9. The molecule has 112 valence electrons. The van der Waals surface area contributed by atoms with Crippen LogP contribution in [0.2, 0.25) is 0 Å². The molecular formula is C14H11BrN4O3. The van der Waals surface area contributed by atoms with Crippen molar-refractivity contribution < 1.29 is 9.72 Å². The molecule has 3 rings (SSSR count). The zero-order chi connectivity index (χ0) is 15.9. The van der Waals surface area contributed by atoms with Crippen molar-refractivity contribution >= 4 is 44.7 Å². The van der Waals surface area contributed by atoms with Crippen molar-refractivity contribution in [2.75, 3.05) is 17.3 Å². The first-order valence-electron chi connectivity index (χ1n) is 6.42. The van der Waals surface area contributed by atoms with Crippen LogP contribution in [-0.2, 0) is 11.2 Å². The maximum Gasteiger partial charge on any atom is 0.312 e. The highest BCUT2D eigenvalue weighted by atomic mass is 79.9. The van der Waals surface area contributed by atoms with Crippen molar-refractivity contribution in [1.29, 1.82) is 0 Å². The number of likely N-dealkylation sites (N-methyl/N-ethyl adjacent to an activating group) is 1. The second-order valence-corrected chi connectivity index (χ2v) is 5.79. The van der Waals surface area contributed by atoms with Crippen LogP contribution in [0.5, 0.6) is 0 Å². The lowest BCUT2D eigenvalue weighted by Gasteiger charge is -2.11. The molecule has 1 aromatic carbocycles. The van der Waals surface area contributed by atoms with E-state index in [-0.39, 0.29) is 17.4 Å². The van der Waals surface area contributed by atoms with Crippen LogP contribution in [0.4, 0.5) is 22.9 Å². The molecule has 0 aliphatic carbocycles. The number of hydrogen-bond donors (Lipinski definition) is 1. The number of carbonyl (C=O) groups excluding carboxylic acids is 1. The predicted octanol–water partition coefficient (Wildman–Crippen LogP) is 3.01. The molecule has 0 unspecified atom stereocenters. The lowest BCUT2D eigenvalue weighted by molar-refractivity contribution is -0.384.